The lowest BCUT2D eigenvalue weighted by atomic mass is 10.2. The highest BCUT2D eigenvalue weighted by Gasteiger charge is 2.01. The van der Waals surface area contributed by atoms with E-state index >= 15 is 0 Å². The van der Waals surface area contributed by atoms with E-state index in [0.717, 1.165) is 5.03 Å². The van der Waals surface area contributed by atoms with Crippen LogP contribution in [0.3, 0.4) is 0 Å². The van der Waals surface area contributed by atoms with Crippen molar-refractivity contribution in [1.29, 1.82) is 0 Å². The molecule has 0 N–H and O–H groups in total. The molecule has 0 nitrogen and oxygen atoms in total. The van der Waals surface area contributed by atoms with Crippen LogP contribution in [0, 0.1) is 0 Å². The lowest BCUT2D eigenvalue weighted by Gasteiger charge is -1.98. The highest BCUT2D eigenvalue weighted by atomic mass is 35.5. The summed E-state index contributed by atoms with van der Waals surface area (Å²) in [6.07, 6.45) is 3.89. The highest BCUT2D eigenvalue weighted by molar-refractivity contribution is 8.02. The molecule has 0 fully saturated rings. The average Bonchev–Trinajstić information content (AvgIpc) is 2.25. The first-order valence-electron chi connectivity index (χ1n) is 3.66. The molecule has 1 aromatic carbocycles. The fourth-order valence-corrected chi connectivity index (χ4v) is 2.11. The molecule has 60 valence electrons. The van der Waals surface area contributed by atoms with Crippen LogP contribution in [0.25, 0.3) is 6.08 Å². The predicted molar refractivity (Wildman–Crippen MR) is 55.3 cm³/mol. The molecule has 1 aliphatic heterocycles. The molecule has 0 radical (unpaired) electrons. The summed E-state index contributed by atoms with van der Waals surface area (Å²) in [4.78, 5) is 1.25. The Labute approximate surface area is 80.9 Å². The smallest absolute Gasteiger partial charge is 0.0417 e. The first-order chi connectivity index (χ1) is 5.86. The fraction of sp³-hybridized carbons (Fsp3) is 0. The third kappa shape index (κ3) is 1.57. The molecule has 1 heterocycles. The van der Waals surface area contributed by atoms with E-state index in [9.17, 15) is 0 Å². The average molecular weight is 195 g/mol. The Hall–Kier alpha value is -0.660. The van der Waals surface area contributed by atoms with Crippen molar-refractivity contribution < 1.29 is 0 Å². The summed E-state index contributed by atoms with van der Waals surface area (Å²) < 4.78 is 0. The van der Waals surface area contributed by atoms with E-state index in [1.54, 1.807) is 11.8 Å². The summed E-state index contributed by atoms with van der Waals surface area (Å²) in [7, 11) is 0. The number of halogens is 1. The maximum atomic E-state index is 5.91. The first-order valence-corrected chi connectivity index (χ1v) is 4.91. The van der Waals surface area contributed by atoms with Crippen LogP contribution < -0.4 is 0 Å². The molecule has 0 unspecified atom stereocenters. The Kier molecular flexibility index (Phi) is 2.24. The van der Waals surface area contributed by atoms with Crippen molar-refractivity contribution in [2.45, 2.75) is 4.90 Å². The van der Waals surface area contributed by atoms with Crippen molar-refractivity contribution in [2.75, 3.05) is 0 Å². The molecule has 1 aromatic rings. The van der Waals surface area contributed by atoms with Gasteiger partial charge in [0.1, 0.15) is 0 Å². The van der Waals surface area contributed by atoms with Crippen molar-refractivity contribution in [3.63, 3.8) is 0 Å². The van der Waals surface area contributed by atoms with Gasteiger partial charge in [-0.1, -0.05) is 41.6 Å². The van der Waals surface area contributed by atoms with Gasteiger partial charge in [0.25, 0.3) is 0 Å². The molecule has 0 aromatic heterocycles. The maximum absolute atomic E-state index is 5.91. The topological polar surface area (TPSA) is 0 Å². The van der Waals surface area contributed by atoms with Crippen LogP contribution in [0.15, 0.2) is 45.7 Å². The number of thioether (sulfide) groups is 1. The van der Waals surface area contributed by atoms with Gasteiger partial charge in [-0.3, -0.25) is 0 Å². The quantitative estimate of drug-likeness (QED) is 0.604. The first kappa shape index (κ1) is 7.96. The second-order valence-electron chi connectivity index (χ2n) is 2.49. The van der Waals surface area contributed by atoms with Gasteiger partial charge in [0.15, 0.2) is 0 Å². The largest absolute Gasteiger partial charge is 0.0974 e. The van der Waals surface area contributed by atoms with E-state index in [1.807, 2.05) is 29.7 Å². The van der Waals surface area contributed by atoms with Gasteiger partial charge in [0, 0.05) is 9.93 Å². The fourth-order valence-electron chi connectivity index (χ4n) is 1.08. The molecule has 12 heavy (non-hydrogen) atoms. The Morgan fingerprint density at radius 2 is 2.00 bits per heavy atom. The minimum Gasteiger partial charge on any atom is -0.0974 e. The van der Waals surface area contributed by atoms with E-state index in [0.29, 0.717) is 0 Å². The van der Waals surface area contributed by atoms with Gasteiger partial charge < -0.3 is 0 Å². The van der Waals surface area contributed by atoms with Crippen LogP contribution in [0.4, 0.5) is 0 Å². The van der Waals surface area contributed by atoms with Crippen LogP contribution in [-0.2, 0) is 0 Å². The maximum Gasteiger partial charge on any atom is 0.0417 e. The molecular weight excluding hydrogens is 188 g/mol. The predicted octanol–water partition coefficient (Wildman–Crippen LogP) is 3.89. The van der Waals surface area contributed by atoms with Crippen LogP contribution in [0.5, 0.6) is 0 Å². The summed E-state index contributed by atoms with van der Waals surface area (Å²) in [5.74, 6) is 0. The number of fused-ring (bicyclic) bond motifs is 1. The number of hydrogen-bond donors (Lipinski definition) is 0. The van der Waals surface area contributed by atoms with Gasteiger partial charge in [-0.15, -0.1) is 0 Å². The van der Waals surface area contributed by atoms with Gasteiger partial charge in [-0.05, 0) is 29.2 Å². The summed E-state index contributed by atoms with van der Waals surface area (Å²) in [5, 5.41) is 2.79. The highest BCUT2D eigenvalue weighted by Crippen LogP contribution is 2.29. The SMILES string of the molecule is ClC1=Cc2ccccc2SC=C1. The van der Waals surface area contributed by atoms with Crippen molar-refractivity contribution in [3.05, 3.63) is 46.3 Å². The summed E-state index contributed by atoms with van der Waals surface area (Å²) in [6.45, 7) is 0. The molecule has 0 spiro atoms. The molecule has 0 bridgehead atoms. The van der Waals surface area contributed by atoms with Gasteiger partial charge in [-0.2, -0.15) is 0 Å². The zero-order valence-electron chi connectivity index (χ0n) is 6.33. The molecular formula is C10H7ClS. The minimum atomic E-state index is 0.785. The molecule has 2 heteroatoms. The van der Waals surface area contributed by atoms with Gasteiger partial charge in [0.05, 0.1) is 0 Å². The zero-order chi connectivity index (χ0) is 8.39. The Morgan fingerprint density at radius 3 is 2.92 bits per heavy atom. The van der Waals surface area contributed by atoms with Gasteiger partial charge in [0.2, 0.25) is 0 Å². The normalized spacial score (nSPS) is 14.9. The Bertz CT molecular complexity index is 353. The van der Waals surface area contributed by atoms with E-state index < -0.39 is 0 Å². The molecule has 0 saturated heterocycles. The second-order valence-corrected chi connectivity index (χ2v) is 3.87. The molecule has 0 atom stereocenters. The lowest BCUT2D eigenvalue weighted by Crippen LogP contribution is -1.74. The van der Waals surface area contributed by atoms with Crippen molar-refractivity contribution in [2.24, 2.45) is 0 Å². The lowest BCUT2D eigenvalue weighted by molar-refractivity contribution is 1.43. The molecule has 2 rings (SSSR count). The number of rotatable bonds is 0. The van der Waals surface area contributed by atoms with Crippen molar-refractivity contribution in [3.8, 4) is 0 Å². The van der Waals surface area contributed by atoms with Crippen LogP contribution in [-0.4, -0.2) is 0 Å². The van der Waals surface area contributed by atoms with Crippen LogP contribution >= 0.6 is 23.4 Å². The van der Waals surface area contributed by atoms with E-state index in [-0.39, 0.29) is 0 Å². The number of allylic oxidation sites excluding steroid dienone is 2. The van der Waals surface area contributed by atoms with E-state index in [2.05, 4.69) is 12.1 Å². The summed E-state index contributed by atoms with van der Waals surface area (Å²) >= 11 is 7.61. The molecule has 0 saturated carbocycles. The standard InChI is InChI=1S/C10H7ClS/c11-9-5-6-12-10-4-2-1-3-8(10)7-9/h1-7H. The van der Waals surface area contributed by atoms with Crippen LogP contribution in [0.1, 0.15) is 5.56 Å². The third-order valence-electron chi connectivity index (χ3n) is 1.63. The van der Waals surface area contributed by atoms with E-state index in [1.165, 1.54) is 10.5 Å². The van der Waals surface area contributed by atoms with Crippen molar-refractivity contribution >= 4 is 29.4 Å². The Morgan fingerprint density at radius 1 is 1.17 bits per heavy atom. The minimum absolute atomic E-state index is 0.785. The van der Waals surface area contributed by atoms with Crippen molar-refractivity contribution in [1.82, 2.24) is 0 Å². The monoisotopic (exact) mass is 194 g/mol. The summed E-state index contributed by atoms with van der Waals surface area (Å²) in [5.41, 5.74) is 1.19. The molecule has 0 amide bonds. The van der Waals surface area contributed by atoms with Crippen LogP contribution in [0.2, 0.25) is 0 Å². The van der Waals surface area contributed by atoms with Gasteiger partial charge in [-0.25, -0.2) is 0 Å². The third-order valence-corrected chi connectivity index (χ3v) is 2.77. The van der Waals surface area contributed by atoms with E-state index in [4.69, 9.17) is 11.6 Å². The number of benzene rings is 1. The zero-order valence-corrected chi connectivity index (χ0v) is 7.90. The molecule has 1 aliphatic rings. The Balaban J connectivity index is 2.54. The second kappa shape index (κ2) is 3.38. The summed E-state index contributed by atoms with van der Waals surface area (Å²) in [6, 6.07) is 8.21. The molecule has 0 aliphatic carbocycles. The van der Waals surface area contributed by atoms with Gasteiger partial charge >= 0.3 is 0 Å². The number of hydrogen-bond acceptors (Lipinski definition) is 1.